The Hall–Kier alpha value is -3.93. The zero-order valence-corrected chi connectivity index (χ0v) is 19.4. The van der Waals surface area contributed by atoms with E-state index in [1.165, 1.54) is 6.92 Å². The summed E-state index contributed by atoms with van der Waals surface area (Å²) in [6, 6.07) is 24.5. The van der Waals surface area contributed by atoms with Gasteiger partial charge in [0.15, 0.2) is 12.4 Å². The van der Waals surface area contributed by atoms with Gasteiger partial charge in [-0.2, -0.15) is 0 Å². The highest BCUT2D eigenvalue weighted by atomic mass is 16.5. The van der Waals surface area contributed by atoms with Crippen LogP contribution in [0, 0.1) is 5.92 Å². The molecule has 0 aliphatic carbocycles. The highest BCUT2D eigenvalue weighted by Crippen LogP contribution is 2.20. The van der Waals surface area contributed by atoms with E-state index in [-0.39, 0.29) is 17.6 Å². The first-order chi connectivity index (χ1) is 16.3. The highest BCUT2D eigenvalue weighted by Gasteiger charge is 2.21. The van der Waals surface area contributed by atoms with Gasteiger partial charge >= 0.3 is 5.97 Å². The van der Waals surface area contributed by atoms with E-state index >= 15 is 0 Å². The van der Waals surface area contributed by atoms with Gasteiger partial charge in [-0.1, -0.05) is 73.7 Å². The topological polar surface area (TPSA) is 92.7 Å². The van der Waals surface area contributed by atoms with Crippen molar-refractivity contribution in [2.45, 2.75) is 32.7 Å². The van der Waals surface area contributed by atoms with Crippen LogP contribution in [0.15, 0.2) is 78.9 Å². The molecule has 0 spiro atoms. The van der Waals surface area contributed by atoms with E-state index in [9.17, 15) is 14.4 Å². The van der Waals surface area contributed by atoms with Crippen LogP contribution >= 0.6 is 0 Å². The van der Waals surface area contributed by atoms with E-state index in [0.717, 1.165) is 22.3 Å². The summed E-state index contributed by atoms with van der Waals surface area (Å²) < 4.78 is 5.13. The van der Waals surface area contributed by atoms with Crippen molar-refractivity contribution in [1.82, 2.24) is 5.32 Å². The summed E-state index contributed by atoms with van der Waals surface area (Å²) in [6.45, 7) is 2.90. The molecular weight excluding hydrogens is 430 g/mol. The molecule has 0 aliphatic rings. The number of carbonyl (C=O) groups is 3. The number of carbonyl (C=O) groups excluding carboxylic acids is 2. The molecule has 0 unspecified atom stereocenters. The van der Waals surface area contributed by atoms with Crippen molar-refractivity contribution in [2.24, 2.45) is 5.92 Å². The Labute approximate surface area is 199 Å². The molecule has 0 aliphatic heterocycles. The molecule has 0 aromatic heterocycles. The van der Waals surface area contributed by atoms with E-state index in [1.807, 2.05) is 61.5 Å². The molecule has 34 heavy (non-hydrogen) atoms. The van der Waals surface area contributed by atoms with Crippen LogP contribution in [0.5, 0.6) is 5.75 Å². The third-order valence-electron chi connectivity index (χ3n) is 5.58. The number of carboxylic acids is 1. The summed E-state index contributed by atoms with van der Waals surface area (Å²) in [4.78, 5) is 35.6. The standard InChI is InChI=1S/C28H29NO5/c1-19(16-21-10-14-25(15-11-21)34-18-27(31)32)28(33)29-26(20(2)30)17-22-8-12-24(13-9-22)23-6-4-3-5-7-23/h3-15,19,26H,16-18H2,1-2H3,(H,29,33)(H,31,32)/t19-,26-/m0/s1. The van der Waals surface area contributed by atoms with Crippen LogP contribution < -0.4 is 10.1 Å². The van der Waals surface area contributed by atoms with Crippen LogP contribution in [0.25, 0.3) is 11.1 Å². The molecule has 3 aromatic carbocycles. The SMILES string of the molecule is CC(=O)[C@H](Cc1ccc(-c2ccccc2)cc1)NC(=O)[C@@H](C)Cc1ccc(OCC(=O)O)cc1. The van der Waals surface area contributed by atoms with E-state index in [2.05, 4.69) is 5.32 Å². The summed E-state index contributed by atoms with van der Waals surface area (Å²) in [7, 11) is 0. The maximum atomic E-state index is 12.8. The third-order valence-corrected chi connectivity index (χ3v) is 5.58. The van der Waals surface area contributed by atoms with Crippen molar-refractivity contribution in [1.29, 1.82) is 0 Å². The fourth-order valence-electron chi connectivity index (χ4n) is 3.62. The van der Waals surface area contributed by atoms with Gasteiger partial charge in [0.2, 0.25) is 5.91 Å². The lowest BCUT2D eigenvalue weighted by atomic mass is 9.97. The molecule has 0 bridgehead atoms. The Kier molecular flexibility index (Phi) is 8.57. The predicted octanol–water partition coefficient (Wildman–Crippen LogP) is 4.31. The molecule has 2 N–H and O–H groups in total. The first-order valence-corrected chi connectivity index (χ1v) is 11.2. The largest absolute Gasteiger partial charge is 0.482 e. The van der Waals surface area contributed by atoms with Gasteiger partial charge in [-0.05, 0) is 54.2 Å². The van der Waals surface area contributed by atoms with Crippen molar-refractivity contribution in [2.75, 3.05) is 6.61 Å². The summed E-state index contributed by atoms with van der Waals surface area (Å²) in [5.74, 6) is -1.20. The summed E-state index contributed by atoms with van der Waals surface area (Å²) in [6.07, 6.45) is 0.917. The molecular formula is C28H29NO5. The van der Waals surface area contributed by atoms with Crippen molar-refractivity contribution < 1.29 is 24.2 Å². The number of rotatable bonds is 11. The van der Waals surface area contributed by atoms with Crippen molar-refractivity contribution in [3.8, 4) is 16.9 Å². The fraction of sp³-hybridized carbons (Fsp3) is 0.250. The van der Waals surface area contributed by atoms with Gasteiger partial charge in [0.05, 0.1) is 6.04 Å². The molecule has 1 amide bonds. The van der Waals surface area contributed by atoms with Gasteiger partial charge in [0.1, 0.15) is 5.75 Å². The summed E-state index contributed by atoms with van der Waals surface area (Å²) in [5, 5.41) is 11.6. The van der Waals surface area contributed by atoms with Gasteiger partial charge in [0.25, 0.3) is 0 Å². The molecule has 2 atom stereocenters. The van der Waals surface area contributed by atoms with E-state index in [0.29, 0.717) is 18.6 Å². The minimum Gasteiger partial charge on any atom is -0.482 e. The van der Waals surface area contributed by atoms with Gasteiger partial charge in [-0.25, -0.2) is 4.79 Å². The fourth-order valence-corrected chi connectivity index (χ4v) is 3.62. The lowest BCUT2D eigenvalue weighted by Gasteiger charge is -2.19. The number of hydrogen-bond acceptors (Lipinski definition) is 4. The summed E-state index contributed by atoms with van der Waals surface area (Å²) >= 11 is 0. The number of nitrogens with one attached hydrogen (secondary N) is 1. The maximum Gasteiger partial charge on any atom is 0.341 e. The molecule has 3 rings (SSSR count). The number of aliphatic carboxylic acids is 1. The number of benzene rings is 3. The van der Waals surface area contributed by atoms with Crippen molar-refractivity contribution in [3.63, 3.8) is 0 Å². The number of ether oxygens (including phenoxy) is 1. The zero-order valence-electron chi connectivity index (χ0n) is 19.4. The first kappa shape index (κ1) is 24.7. The maximum absolute atomic E-state index is 12.8. The molecule has 6 heteroatoms. The highest BCUT2D eigenvalue weighted by molar-refractivity contribution is 5.88. The minimum atomic E-state index is -1.04. The average Bonchev–Trinajstić information content (AvgIpc) is 2.84. The van der Waals surface area contributed by atoms with Crippen LogP contribution in [0.4, 0.5) is 0 Å². The van der Waals surface area contributed by atoms with Gasteiger partial charge in [-0.15, -0.1) is 0 Å². The number of amides is 1. The Balaban J connectivity index is 1.56. The second-order valence-corrected chi connectivity index (χ2v) is 8.37. The molecule has 3 aromatic rings. The second-order valence-electron chi connectivity index (χ2n) is 8.37. The van der Waals surface area contributed by atoms with Crippen LogP contribution in [-0.4, -0.2) is 35.4 Å². The minimum absolute atomic E-state index is 0.0902. The van der Waals surface area contributed by atoms with Gasteiger partial charge < -0.3 is 15.2 Å². The van der Waals surface area contributed by atoms with E-state index in [1.54, 1.807) is 24.3 Å². The van der Waals surface area contributed by atoms with Crippen molar-refractivity contribution in [3.05, 3.63) is 90.0 Å². The second kappa shape index (κ2) is 11.8. The van der Waals surface area contributed by atoms with E-state index < -0.39 is 18.6 Å². The summed E-state index contributed by atoms with van der Waals surface area (Å²) in [5.41, 5.74) is 4.12. The van der Waals surface area contributed by atoms with Crippen molar-refractivity contribution >= 4 is 17.7 Å². The lowest BCUT2D eigenvalue weighted by Crippen LogP contribution is -2.44. The molecule has 0 radical (unpaired) electrons. The van der Waals surface area contributed by atoms with Gasteiger partial charge in [-0.3, -0.25) is 9.59 Å². The Morgan fingerprint density at radius 2 is 1.38 bits per heavy atom. The monoisotopic (exact) mass is 459 g/mol. The molecule has 0 saturated heterocycles. The normalized spacial score (nSPS) is 12.4. The molecule has 0 fully saturated rings. The smallest absolute Gasteiger partial charge is 0.341 e. The Morgan fingerprint density at radius 3 is 1.97 bits per heavy atom. The van der Waals surface area contributed by atoms with Crippen LogP contribution in [0.2, 0.25) is 0 Å². The number of Topliss-reactive ketones (excluding diaryl/α,β-unsaturated/α-hetero) is 1. The van der Waals surface area contributed by atoms with Crippen LogP contribution in [-0.2, 0) is 27.2 Å². The Morgan fingerprint density at radius 1 is 0.824 bits per heavy atom. The molecule has 0 saturated carbocycles. The predicted molar refractivity (Wildman–Crippen MR) is 131 cm³/mol. The van der Waals surface area contributed by atoms with Crippen LogP contribution in [0.3, 0.4) is 0 Å². The molecule has 6 nitrogen and oxygen atoms in total. The molecule has 176 valence electrons. The first-order valence-electron chi connectivity index (χ1n) is 11.2. The van der Waals surface area contributed by atoms with Crippen LogP contribution in [0.1, 0.15) is 25.0 Å². The third kappa shape index (κ3) is 7.30. The quantitative estimate of drug-likeness (QED) is 0.446. The average molecular weight is 460 g/mol. The lowest BCUT2D eigenvalue weighted by molar-refractivity contribution is -0.139. The Bertz CT molecular complexity index is 1110. The number of hydrogen-bond donors (Lipinski definition) is 2. The molecule has 0 heterocycles. The number of ketones is 1. The number of carboxylic acid groups (broad SMARTS) is 1. The van der Waals surface area contributed by atoms with Gasteiger partial charge in [0, 0.05) is 5.92 Å². The zero-order chi connectivity index (χ0) is 24.5. The van der Waals surface area contributed by atoms with E-state index in [4.69, 9.17) is 9.84 Å².